The van der Waals surface area contributed by atoms with Gasteiger partial charge in [0.1, 0.15) is 11.7 Å². The molecule has 3 aromatic carbocycles. The SMILES string of the molecule is C/C=C\C=C(/C)n1c(C)cc(C(=O)NCc2ccc(C(N)=NC(c3ccccc3)n3nc(C)c(C(=O)NCc4ccc(C(=N)N)cc4)c3C)cc2)c1C. The number of aromatic nitrogens is 3. The number of nitrogen functional groups attached to an aromatic ring is 1. The van der Waals surface area contributed by atoms with E-state index in [1.54, 1.807) is 23.7 Å². The molecule has 0 aliphatic rings. The van der Waals surface area contributed by atoms with E-state index in [-0.39, 0.29) is 17.6 Å². The van der Waals surface area contributed by atoms with Crippen molar-refractivity contribution in [1.29, 1.82) is 5.41 Å². The third kappa shape index (κ3) is 8.70. The van der Waals surface area contributed by atoms with Crippen LogP contribution in [-0.2, 0) is 13.1 Å². The van der Waals surface area contributed by atoms with Crippen LogP contribution in [-0.4, -0.2) is 37.8 Å². The number of rotatable bonds is 13. The van der Waals surface area contributed by atoms with E-state index in [2.05, 4.69) is 15.2 Å². The quantitative estimate of drug-likeness (QED) is 0.0537. The van der Waals surface area contributed by atoms with Crippen molar-refractivity contribution in [2.45, 2.75) is 60.8 Å². The van der Waals surface area contributed by atoms with E-state index >= 15 is 0 Å². The lowest BCUT2D eigenvalue weighted by atomic mass is 10.1. The number of nitrogens with one attached hydrogen (secondary N) is 3. The predicted molar refractivity (Wildman–Crippen MR) is 212 cm³/mol. The molecule has 0 fully saturated rings. The molecule has 0 saturated carbocycles. The molecule has 0 spiro atoms. The van der Waals surface area contributed by atoms with Gasteiger partial charge < -0.3 is 26.7 Å². The Morgan fingerprint density at radius 3 is 2.02 bits per heavy atom. The first kappa shape index (κ1) is 37.8. The molecular formula is C42H47N9O2. The molecule has 5 rings (SSSR count). The minimum Gasteiger partial charge on any atom is -0.384 e. The second kappa shape index (κ2) is 16.7. The van der Waals surface area contributed by atoms with Crippen molar-refractivity contribution in [2.24, 2.45) is 16.5 Å². The van der Waals surface area contributed by atoms with Crippen LogP contribution in [0, 0.1) is 33.1 Å². The Labute approximate surface area is 310 Å². The number of amidine groups is 2. The van der Waals surface area contributed by atoms with Gasteiger partial charge in [-0.25, -0.2) is 9.67 Å². The fourth-order valence-electron chi connectivity index (χ4n) is 6.32. The summed E-state index contributed by atoms with van der Waals surface area (Å²) < 4.78 is 3.81. The van der Waals surface area contributed by atoms with Crippen LogP contribution in [0.1, 0.15) is 91.3 Å². The third-order valence-corrected chi connectivity index (χ3v) is 9.12. The molecule has 0 saturated heterocycles. The van der Waals surface area contributed by atoms with Gasteiger partial charge in [0.05, 0.1) is 22.5 Å². The summed E-state index contributed by atoms with van der Waals surface area (Å²) in [7, 11) is 0. The minimum absolute atomic E-state index is 0.00899. The molecule has 53 heavy (non-hydrogen) atoms. The number of amides is 2. The van der Waals surface area contributed by atoms with E-state index in [1.807, 2.05) is 126 Å². The molecule has 11 nitrogen and oxygen atoms in total. The van der Waals surface area contributed by atoms with E-state index in [9.17, 15) is 9.59 Å². The van der Waals surface area contributed by atoms with Gasteiger partial charge in [0.25, 0.3) is 11.8 Å². The molecule has 2 heterocycles. The van der Waals surface area contributed by atoms with E-state index in [4.69, 9.17) is 27.0 Å². The van der Waals surface area contributed by atoms with Gasteiger partial charge >= 0.3 is 0 Å². The summed E-state index contributed by atoms with van der Waals surface area (Å²) >= 11 is 0. The maximum absolute atomic E-state index is 13.4. The van der Waals surface area contributed by atoms with Gasteiger partial charge in [-0.1, -0.05) is 91.0 Å². The first-order chi connectivity index (χ1) is 25.4. The molecule has 0 radical (unpaired) electrons. The zero-order valence-electron chi connectivity index (χ0n) is 31.1. The molecule has 0 aliphatic heterocycles. The number of allylic oxidation sites excluding steroid dienone is 4. The minimum atomic E-state index is -0.634. The summed E-state index contributed by atoms with van der Waals surface area (Å²) in [5.41, 5.74) is 21.4. The Morgan fingerprint density at radius 1 is 0.849 bits per heavy atom. The highest BCUT2D eigenvalue weighted by atomic mass is 16.2. The Balaban J connectivity index is 1.32. The average Bonchev–Trinajstić information content (AvgIpc) is 3.63. The van der Waals surface area contributed by atoms with Crippen molar-refractivity contribution >= 4 is 29.2 Å². The normalized spacial score (nSPS) is 12.6. The standard InChI is InChI=1S/C42H47N9O2/c1-7-8-12-26(2)50-27(3)23-36(29(50)5)41(52)46-24-32-17-21-34(22-18-32)39(45)48-40(35-13-10-9-11-14-35)51-30(6)37(28(4)49-51)42(53)47-25-31-15-19-33(20-16-31)38(43)44/h7-23,40H,24-25H2,1-6H3,(H3,43,44)(H2,45,48)(H,46,52)(H,47,53)/b8-7-,26-12+. The molecule has 1 atom stereocenters. The number of carbonyl (C=O) groups is 2. The zero-order chi connectivity index (χ0) is 38.2. The second-order valence-electron chi connectivity index (χ2n) is 12.9. The van der Waals surface area contributed by atoms with E-state index < -0.39 is 6.17 Å². The van der Waals surface area contributed by atoms with Crippen LogP contribution in [0.25, 0.3) is 5.70 Å². The van der Waals surface area contributed by atoms with E-state index in [1.165, 1.54) is 0 Å². The summed E-state index contributed by atoms with van der Waals surface area (Å²) in [6.45, 7) is 12.2. The van der Waals surface area contributed by atoms with Gasteiger partial charge in [-0.15, -0.1) is 0 Å². The average molecular weight is 710 g/mol. The van der Waals surface area contributed by atoms with Crippen molar-refractivity contribution in [3.63, 3.8) is 0 Å². The first-order valence-electron chi connectivity index (χ1n) is 17.4. The summed E-state index contributed by atoms with van der Waals surface area (Å²) in [5, 5.41) is 18.4. The van der Waals surface area contributed by atoms with Crippen LogP contribution in [0.3, 0.4) is 0 Å². The zero-order valence-corrected chi connectivity index (χ0v) is 31.1. The highest BCUT2D eigenvalue weighted by Gasteiger charge is 2.24. The van der Waals surface area contributed by atoms with Crippen LogP contribution in [0.2, 0.25) is 0 Å². The summed E-state index contributed by atoms with van der Waals surface area (Å²) in [6.07, 6.45) is 5.34. The van der Waals surface area contributed by atoms with Crippen LogP contribution in [0.5, 0.6) is 0 Å². The van der Waals surface area contributed by atoms with Crippen LogP contribution in [0.15, 0.2) is 108 Å². The van der Waals surface area contributed by atoms with Gasteiger partial charge in [-0.2, -0.15) is 5.10 Å². The molecule has 11 heteroatoms. The summed E-state index contributed by atoms with van der Waals surface area (Å²) in [5.74, 6) is -0.103. The number of carbonyl (C=O) groups excluding carboxylic acids is 2. The number of nitrogens with two attached hydrogens (primary N) is 2. The van der Waals surface area contributed by atoms with Crippen LogP contribution >= 0.6 is 0 Å². The third-order valence-electron chi connectivity index (χ3n) is 9.12. The number of hydrogen-bond acceptors (Lipinski definition) is 5. The smallest absolute Gasteiger partial charge is 0.255 e. The van der Waals surface area contributed by atoms with Crippen molar-refractivity contribution in [3.05, 3.63) is 165 Å². The summed E-state index contributed by atoms with van der Waals surface area (Å²) in [4.78, 5) is 31.6. The maximum Gasteiger partial charge on any atom is 0.255 e. The molecular weight excluding hydrogens is 663 g/mol. The lowest BCUT2D eigenvalue weighted by Crippen LogP contribution is -2.24. The largest absolute Gasteiger partial charge is 0.384 e. The number of benzene rings is 3. The summed E-state index contributed by atoms with van der Waals surface area (Å²) in [6, 6.07) is 26.4. The van der Waals surface area contributed by atoms with Gasteiger partial charge in [0, 0.05) is 41.3 Å². The lowest BCUT2D eigenvalue weighted by molar-refractivity contribution is 0.0941. The van der Waals surface area contributed by atoms with Gasteiger partial charge in [-0.3, -0.25) is 15.0 Å². The van der Waals surface area contributed by atoms with Crippen molar-refractivity contribution in [1.82, 2.24) is 25.0 Å². The van der Waals surface area contributed by atoms with Crippen molar-refractivity contribution < 1.29 is 9.59 Å². The molecule has 0 bridgehead atoms. The molecule has 0 aliphatic carbocycles. The number of hydrogen-bond donors (Lipinski definition) is 5. The van der Waals surface area contributed by atoms with Crippen LogP contribution in [0.4, 0.5) is 0 Å². The fraction of sp³-hybridized carbons (Fsp3) is 0.214. The topological polar surface area (TPSA) is 169 Å². The number of nitrogens with zero attached hydrogens (tertiary/aromatic N) is 4. The molecule has 2 amide bonds. The van der Waals surface area contributed by atoms with Gasteiger partial charge in [-0.05, 0) is 70.4 Å². The van der Waals surface area contributed by atoms with Gasteiger partial charge in [0.15, 0.2) is 6.17 Å². The maximum atomic E-state index is 13.4. The Morgan fingerprint density at radius 2 is 1.43 bits per heavy atom. The van der Waals surface area contributed by atoms with Crippen molar-refractivity contribution in [3.8, 4) is 0 Å². The lowest BCUT2D eigenvalue weighted by Gasteiger charge is -2.17. The number of aryl methyl sites for hydroxylation is 2. The Kier molecular flexibility index (Phi) is 11.9. The molecule has 7 N–H and O–H groups in total. The van der Waals surface area contributed by atoms with Crippen molar-refractivity contribution in [2.75, 3.05) is 0 Å². The Hall–Kier alpha value is -6.49. The molecule has 1 unspecified atom stereocenters. The fourth-order valence-corrected chi connectivity index (χ4v) is 6.32. The molecule has 5 aromatic rings. The first-order valence-corrected chi connectivity index (χ1v) is 17.4. The molecule has 272 valence electrons. The van der Waals surface area contributed by atoms with Gasteiger partial charge in [0.2, 0.25) is 0 Å². The predicted octanol–water partition coefficient (Wildman–Crippen LogP) is 6.45. The Bertz CT molecular complexity index is 2200. The highest BCUT2D eigenvalue weighted by Crippen LogP contribution is 2.26. The second-order valence-corrected chi connectivity index (χ2v) is 12.9. The highest BCUT2D eigenvalue weighted by molar-refractivity contribution is 5.98. The number of aliphatic imine (C=N–C) groups is 1. The van der Waals surface area contributed by atoms with Crippen LogP contribution < -0.4 is 22.1 Å². The van der Waals surface area contributed by atoms with E-state index in [0.717, 1.165) is 33.8 Å². The van der Waals surface area contributed by atoms with E-state index in [0.29, 0.717) is 52.6 Å². The monoisotopic (exact) mass is 709 g/mol. The molecule has 2 aromatic heterocycles.